The Balaban J connectivity index is 0.000000174. The molecule has 40 nitrogen and oxygen atoms in total. The minimum atomic E-state index is -0.643. The third-order valence-corrected chi connectivity index (χ3v) is 22.7. The SMILES string of the molecule is CC(COC(C)CN1C(=O)c2ccc(Oc3ccc4c(c3)C(=O)N(c3ncccn3)C4=O)cc2C1=O)OCN1C(=O)c2ccc(Oc3ccc4c(c3)C(=O)N(c3ncccn3)C4=O)cc2C1=O.O=C1c2ccc(Oc3ccc4c(c3)C(=O)N(c3ncccn3)C4=O)cc2C(=O)N1CCCCOCCCCOCN1C(=O)c2ccc(Oc3ccc4c(c3)C(=O)N(c3ncccn3)C4=O)cc2C1=O. The Labute approximate surface area is 767 Å². The normalized spacial score (nSPS) is 15.4. The lowest BCUT2D eigenvalue weighted by molar-refractivity contribution is -0.0564. The standard InChI is InChI=1S/C49H36N8O12.C47H32N8O12/c58-40-32-11-7-28(68-30-9-13-34-38(25-30)46(64)56(44(34)62)48-50-15-5-16-51-48)23-36(32)42(60)54(40)19-1-2-20-66-21-3-4-22-67-27-55-41(59)33-12-8-29(24-37(33)43(55)61)69-31-10-14-35-39(26-31)47(65)57(45(35)63)49-52-17-6-18-53-49;1-24(21-52-38(56)30-9-5-26(17-34(30)40(52)58)66-28-7-11-32-36(19-28)44(62)54(42(32)60)46-48-13-3-14-49-46)64-22-25(2)65-23-53-39(57)31-10-6-27(18-35(31)41(53)59)67-29-8-12-33-37(20-29)45(63)55(43(33)61)47-50-15-4-16-51-47/h5-18,23-26H,1-4,19-22,27H2;3-20,24-25H,21-23H2,1-2H3. The van der Waals surface area contributed by atoms with Gasteiger partial charge in [-0.25, -0.2) is 69.3 Å². The first-order chi connectivity index (χ1) is 65.9. The van der Waals surface area contributed by atoms with Crippen LogP contribution in [0.4, 0.5) is 23.8 Å². The van der Waals surface area contributed by atoms with Crippen molar-refractivity contribution in [2.75, 3.05) is 72.6 Å². The maximum Gasteiger partial charge on any atom is 0.268 e. The number of unbranched alkanes of at least 4 members (excludes halogenated alkanes) is 2. The van der Waals surface area contributed by atoms with Gasteiger partial charge < -0.3 is 37.9 Å². The first-order valence-corrected chi connectivity index (χ1v) is 42.2. The predicted molar refractivity (Wildman–Crippen MR) is 467 cm³/mol. The molecule has 12 heterocycles. The molecule has 8 aliphatic rings. The van der Waals surface area contributed by atoms with Gasteiger partial charge in [0.1, 0.15) is 59.5 Å². The summed E-state index contributed by atoms with van der Waals surface area (Å²) in [7, 11) is 0. The molecule has 2 unspecified atom stereocenters. The number of carbonyl (C=O) groups is 16. The van der Waals surface area contributed by atoms with E-state index in [1.807, 2.05) is 0 Å². The molecule has 0 fully saturated rings. The Morgan fingerprint density at radius 3 is 0.772 bits per heavy atom. The van der Waals surface area contributed by atoms with Gasteiger partial charge in [-0.2, -0.15) is 0 Å². The van der Waals surface area contributed by atoms with Crippen molar-refractivity contribution >= 4 is 118 Å². The lowest BCUT2D eigenvalue weighted by Gasteiger charge is -2.23. The van der Waals surface area contributed by atoms with Crippen molar-refractivity contribution < 1.29 is 115 Å². The fraction of sp³-hybridized carbons (Fsp3) is 0.167. The van der Waals surface area contributed by atoms with Crippen LogP contribution in [0.25, 0.3) is 0 Å². The van der Waals surface area contributed by atoms with Crippen LogP contribution in [0, 0.1) is 0 Å². The maximum absolute atomic E-state index is 13.5. The van der Waals surface area contributed by atoms with Gasteiger partial charge >= 0.3 is 0 Å². The number of benzene rings is 8. The quantitative estimate of drug-likeness (QED) is 0.0279. The van der Waals surface area contributed by atoms with Gasteiger partial charge in [0.15, 0.2) is 0 Å². The summed E-state index contributed by atoms with van der Waals surface area (Å²) in [4.78, 5) is 250. The molecule has 676 valence electrons. The second-order valence-corrected chi connectivity index (χ2v) is 31.4. The number of rotatable bonds is 32. The fourth-order valence-electron chi connectivity index (χ4n) is 16.0. The number of carbonyl (C=O) groups excluding carboxylic acids is 16. The zero-order valence-corrected chi connectivity index (χ0v) is 71.4. The third kappa shape index (κ3) is 16.5. The monoisotopic (exact) mass is 1830 g/mol. The van der Waals surface area contributed by atoms with Gasteiger partial charge in [-0.3, -0.25) is 86.5 Å². The molecular formula is C96H68N16O24. The van der Waals surface area contributed by atoms with Crippen molar-refractivity contribution in [1.82, 2.24) is 59.5 Å². The minimum Gasteiger partial charge on any atom is -0.457 e. The summed E-state index contributed by atoms with van der Waals surface area (Å²) in [5, 5.41) is 0. The van der Waals surface area contributed by atoms with Crippen LogP contribution in [0.15, 0.2) is 219 Å². The number of fused-ring (bicyclic) bond motifs is 8. The highest BCUT2D eigenvalue weighted by molar-refractivity contribution is 6.37. The van der Waals surface area contributed by atoms with Gasteiger partial charge in [-0.1, -0.05) is 0 Å². The summed E-state index contributed by atoms with van der Waals surface area (Å²) in [5.41, 5.74) is 2.33. The van der Waals surface area contributed by atoms with Crippen molar-refractivity contribution in [2.24, 2.45) is 0 Å². The van der Waals surface area contributed by atoms with Crippen LogP contribution in [0.1, 0.15) is 205 Å². The van der Waals surface area contributed by atoms with E-state index in [4.69, 9.17) is 37.9 Å². The molecule has 8 aliphatic heterocycles. The van der Waals surface area contributed by atoms with Gasteiger partial charge in [0.25, 0.3) is 94.5 Å². The predicted octanol–water partition coefficient (Wildman–Crippen LogP) is 11.0. The molecule has 16 amide bonds. The Bertz CT molecular complexity index is 6930. The van der Waals surface area contributed by atoms with E-state index in [-0.39, 0.29) is 192 Å². The molecule has 0 saturated heterocycles. The van der Waals surface area contributed by atoms with Crippen LogP contribution >= 0.6 is 0 Å². The number of hydrogen-bond acceptors (Lipinski definition) is 32. The van der Waals surface area contributed by atoms with E-state index in [1.165, 1.54) is 194 Å². The molecule has 0 N–H and O–H groups in total. The second kappa shape index (κ2) is 36.5. The van der Waals surface area contributed by atoms with E-state index in [0.29, 0.717) is 38.9 Å². The van der Waals surface area contributed by atoms with Crippen LogP contribution < -0.4 is 38.5 Å². The average molecular weight is 1830 g/mol. The molecule has 0 bridgehead atoms. The van der Waals surface area contributed by atoms with E-state index in [0.717, 1.165) is 34.3 Å². The first kappa shape index (κ1) is 87.6. The van der Waals surface area contributed by atoms with E-state index < -0.39 is 113 Å². The molecular weight excluding hydrogens is 1760 g/mol. The minimum absolute atomic E-state index is 0.0144. The van der Waals surface area contributed by atoms with Gasteiger partial charge in [0, 0.05) is 75.9 Å². The van der Waals surface area contributed by atoms with E-state index >= 15 is 0 Å². The second-order valence-electron chi connectivity index (χ2n) is 31.4. The Hall–Kier alpha value is -17.8. The van der Waals surface area contributed by atoms with Crippen molar-refractivity contribution in [2.45, 2.75) is 51.7 Å². The maximum atomic E-state index is 13.5. The van der Waals surface area contributed by atoms with E-state index in [9.17, 15) is 76.7 Å². The number of anilines is 4. The van der Waals surface area contributed by atoms with Crippen LogP contribution in [0.5, 0.6) is 46.0 Å². The highest BCUT2D eigenvalue weighted by atomic mass is 16.5. The summed E-state index contributed by atoms with van der Waals surface area (Å²) in [5.74, 6) is -7.28. The Morgan fingerprint density at radius 1 is 0.235 bits per heavy atom. The van der Waals surface area contributed by atoms with Crippen LogP contribution in [-0.2, 0) is 18.9 Å². The molecule has 40 heteroatoms. The summed E-state index contributed by atoms with van der Waals surface area (Å²) in [6.45, 7) is 3.88. The molecule has 2 atom stereocenters. The fourth-order valence-corrected chi connectivity index (χ4v) is 16.0. The van der Waals surface area contributed by atoms with Gasteiger partial charge in [0.05, 0.1) is 114 Å². The topological polar surface area (TPSA) is 476 Å². The van der Waals surface area contributed by atoms with E-state index in [1.54, 1.807) is 44.2 Å². The summed E-state index contributed by atoms with van der Waals surface area (Å²) < 4.78 is 46.9. The smallest absolute Gasteiger partial charge is 0.268 e. The Kier molecular flexibility index (Phi) is 23.5. The summed E-state index contributed by atoms with van der Waals surface area (Å²) in [6.07, 6.45) is 12.4. The van der Waals surface area contributed by atoms with Crippen molar-refractivity contribution in [3.05, 3.63) is 308 Å². The molecule has 20 rings (SSSR count). The molecule has 136 heavy (non-hydrogen) atoms. The molecule has 8 aromatic carbocycles. The molecule has 12 aromatic rings. The molecule has 0 radical (unpaired) electrons. The molecule has 4 aromatic heterocycles. The number of amides is 16. The van der Waals surface area contributed by atoms with Crippen molar-refractivity contribution in [3.63, 3.8) is 0 Å². The molecule has 0 saturated carbocycles. The van der Waals surface area contributed by atoms with Gasteiger partial charge in [-0.15, -0.1) is 0 Å². The highest BCUT2D eigenvalue weighted by Crippen LogP contribution is 2.41. The molecule has 0 aliphatic carbocycles. The van der Waals surface area contributed by atoms with Crippen LogP contribution in [0.3, 0.4) is 0 Å². The number of imide groups is 8. The summed E-state index contributed by atoms with van der Waals surface area (Å²) in [6, 6.07) is 41.6. The lowest BCUT2D eigenvalue weighted by Crippen LogP contribution is -2.38. The Morgan fingerprint density at radius 2 is 0.463 bits per heavy atom. The van der Waals surface area contributed by atoms with Crippen molar-refractivity contribution in [1.29, 1.82) is 0 Å². The number of nitrogens with zero attached hydrogens (tertiary/aromatic N) is 16. The average Bonchev–Trinajstić information content (AvgIpc) is 1.60. The van der Waals surface area contributed by atoms with E-state index in [2.05, 4.69) is 39.9 Å². The number of aromatic nitrogens is 8. The number of ether oxygens (including phenoxy) is 8. The first-order valence-electron chi connectivity index (χ1n) is 42.2. The van der Waals surface area contributed by atoms with Gasteiger partial charge in [0.2, 0.25) is 23.8 Å². The largest absolute Gasteiger partial charge is 0.457 e. The lowest BCUT2D eigenvalue weighted by atomic mass is 10.1. The van der Waals surface area contributed by atoms with Gasteiger partial charge in [-0.05, 0) is 209 Å². The zero-order chi connectivity index (χ0) is 94.4. The van der Waals surface area contributed by atoms with Crippen LogP contribution in [-0.4, -0.2) is 219 Å². The third-order valence-electron chi connectivity index (χ3n) is 22.7. The zero-order valence-electron chi connectivity index (χ0n) is 71.4. The molecule has 0 spiro atoms. The van der Waals surface area contributed by atoms with Crippen molar-refractivity contribution in [3.8, 4) is 46.0 Å². The summed E-state index contributed by atoms with van der Waals surface area (Å²) >= 11 is 0. The number of hydrogen-bond donors (Lipinski definition) is 0. The van der Waals surface area contributed by atoms with Crippen LogP contribution in [0.2, 0.25) is 0 Å². The highest BCUT2D eigenvalue weighted by Gasteiger charge is 2.46.